The van der Waals surface area contributed by atoms with Crippen LogP contribution in [0.25, 0.3) is 0 Å². The number of benzene rings is 1. The van der Waals surface area contributed by atoms with Crippen molar-refractivity contribution in [1.29, 1.82) is 0 Å². The Labute approximate surface area is 152 Å². The van der Waals surface area contributed by atoms with Crippen molar-refractivity contribution in [3.8, 4) is 0 Å². The average Bonchev–Trinajstić information content (AvgIpc) is 2.60. The van der Waals surface area contributed by atoms with Gasteiger partial charge in [-0.25, -0.2) is 0 Å². The maximum absolute atomic E-state index is 12.1. The first-order valence-electron chi connectivity index (χ1n) is 8.32. The molecule has 0 bridgehead atoms. The predicted molar refractivity (Wildman–Crippen MR) is 104 cm³/mol. The van der Waals surface area contributed by atoms with Gasteiger partial charge in [0.05, 0.1) is 6.61 Å². The SMILES string of the molecule is CN1CCN(Cc2ccc(C(=O)NCCSSCCO)cc2)CC1. The summed E-state index contributed by atoms with van der Waals surface area (Å²) in [7, 11) is 5.46. The lowest BCUT2D eigenvalue weighted by Crippen LogP contribution is -2.43. The molecule has 0 radical (unpaired) electrons. The van der Waals surface area contributed by atoms with Gasteiger partial charge in [-0.2, -0.15) is 0 Å². The van der Waals surface area contributed by atoms with Crippen LogP contribution in [0.5, 0.6) is 0 Å². The number of aliphatic hydroxyl groups is 1. The number of rotatable bonds is 9. The molecule has 1 aliphatic rings. The van der Waals surface area contributed by atoms with Gasteiger partial charge >= 0.3 is 0 Å². The molecule has 2 N–H and O–H groups in total. The monoisotopic (exact) mass is 369 g/mol. The lowest BCUT2D eigenvalue weighted by Gasteiger charge is -2.32. The normalized spacial score (nSPS) is 16.2. The molecule has 0 atom stereocenters. The zero-order valence-electron chi connectivity index (χ0n) is 14.2. The van der Waals surface area contributed by atoms with Gasteiger partial charge in [-0.3, -0.25) is 9.69 Å². The molecule has 1 saturated heterocycles. The van der Waals surface area contributed by atoms with Gasteiger partial charge in [0.1, 0.15) is 0 Å². The molecular formula is C17H27N3O2S2. The fourth-order valence-electron chi connectivity index (χ4n) is 2.49. The Morgan fingerprint density at radius 2 is 1.79 bits per heavy atom. The molecule has 0 spiro atoms. The van der Waals surface area contributed by atoms with Crippen molar-refractivity contribution in [2.75, 3.05) is 57.9 Å². The van der Waals surface area contributed by atoms with Crippen LogP contribution in [0.1, 0.15) is 15.9 Å². The fourth-order valence-corrected chi connectivity index (χ4v) is 4.17. The second kappa shape index (κ2) is 11.0. The zero-order chi connectivity index (χ0) is 17.2. The molecule has 0 aromatic heterocycles. The van der Waals surface area contributed by atoms with Gasteiger partial charge < -0.3 is 15.3 Å². The van der Waals surface area contributed by atoms with Crippen molar-refractivity contribution in [3.63, 3.8) is 0 Å². The first-order valence-corrected chi connectivity index (χ1v) is 10.8. The standard InChI is InChI=1S/C17H27N3O2S2/c1-19-7-9-20(10-8-19)14-15-2-4-16(5-3-15)17(22)18-6-12-23-24-13-11-21/h2-5,21H,6-14H2,1H3,(H,18,22). The summed E-state index contributed by atoms with van der Waals surface area (Å²) in [6, 6.07) is 7.93. The Hall–Kier alpha value is -0.730. The van der Waals surface area contributed by atoms with Gasteiger partial charge in [0.2, 0.25) is 0 Å². The number of hydrogen-bond acceptors (Lipinski definition) is 6. The predicted octanol–water partition coefficient (Wildman–Crippen LogP) is 1.54. The van der Waals surface area contributed by atoms with Gasteiger partial charge in [0, 0.05) is 56.3 Å². The van der Waals surface area contributed by atoms with Crippen LogP contribution in [0.3, 0.4) is 0 Å². The van der Waals surface area contributed by atoms with E-state index in [1.54, 1.807) is 21.6 Å². The highest BCUT2D eigenvalue weighted by Crippen LogP contribution is 2.19. The Morgan fingerprint density at radius 3 is 2.46 bits per heavy atom. The molecule has 0 unspecified atom stereocenters. The van der Waals surface area contributed by atoms with Crippen LogP contribution >= 0.6 is 21.6 Å². The minimum Gasteiger partial charge on any atom is -0.395 e. The molecule has 1 aliphatic heterocycles. The molecule has 1 fully saturated rings. The largest absolute Gasteiger partial charge is 0.395 e. The Balaban J connectivity index is 1.69. The first-order chi connectivity index (χ1) is 11.7. The van der Waals surface area contributed by atoms with Crippen LogP contribution in [-0.4, -0.2) is 78.7 Å². The molecule has 0 aliphatic carbocycles. The van der Waals surface area contributed by atoms with E-state index in [1.807, 2.05) is 12.1 Å². The van der Waals surface area contributed by atoms with E-state index in [1.165, 1.54) is 5.56 Å². The summed E-state index contributed by atoms with van der Waals surface area (Å²) in [6.07, 6.45) is 0. The summed E-state index contributed by atoms with van der Waals surface area (Å²) < 4.78 is 0. The van der Waals surface area contributed by atoms with Gasteiger partial charge in [0.25, 0.3) is 5.91 Å². The fraction of sp³-hybridized carbons (Fsp3) is 0.588. The lowest BCUT2D eigenvalue weighted by atomic mass is 10.1. The highest BCUT2D eigenvalue weighted by atomic mass is 33.1. The average molecular weight is 370 g/mol. The summed E-state index contributed by atoms with van der Waals surface area (Å²) in [5.41, 5.74) is 1.97. The topological polar surface area (TPSA) is 55.8 Å². The summed E-state index contributed by atoms with van der Waals surface area (Å²) in [6.45, 7) is 6.24. The molecule has 7 heteroatoms. The first kappa shape index (κ1) is 19.6. The Kier molecular flexibility index (Phi) is 8.98. The van der Waals surface area contributed by atoms with E-state index in [0.717, 1.165) is 44.2 Å². The van der Waals surface area contributed by atoms with Crippen LogP contribution in [-0.2, 0) is 6.54 Å². The molecule has 0 saturated carbocycles. The summed E-state index contributed by atoms with van der Waals surface area (Å²) in [4.78, 5) is 16.9. The number of amides is 1. The second-order valence-electron chi connectivity index (χ2n) is 5.90. The number of piperazine rings is 1. The van der Waals surface area contributed by atoms with Crippen molar-refractivity contribution in [2.45, 2.75) is 6.54 Å². The smallest absolute Gasteiger partial charge is 0.251 e. The van der Waals surface area contributed by atoms with Gasteiger partial charge in [0.15, 0.2) is 0 Å². The molecule has 1 heterocycles. The highest BCUT2D eigenvalue weighted by molar-refractivity contribution is 8.76. The minimum atomic E-state index is -0.0195. The molecule has 2 rings (SSSR count). The maximum Gasteiger partial charge on any atom is 0.251 e. The van der Waals surface area contributed by atoms with E-state index in [4.69, 9.17) is 5.11 Å². The van der Waals surface area contributed by atoms with Crippen molar-refractivity contribution in [3.05, 3.63) is 35.4 Å². The summed E-state index contributed by atoms with van der Waals surface area (Å²) in [5.74, 6) is 1.56. The maximum atomic E-state index is 12.1. The third-order valence-electron chi connectivity index (χ3n) is 3.95. The van der Waals surface area contributed by atoms with E-state index in [0.29, 0.717) is 12.1 Å². The van der Waals surface area contributed by atoms with Crippen LogP contribution in [0, 0.1) is 0 Å². The lowest BCUT2D eigenvalue weighted by molar-refractivity contribution is 0.0956. The number of hydrogen-bond donors (Lipinski definition) is 2. The number of likely N-dealkylation sites (N-methyl/N-ethyl adjacent to an activating group) is 1. The highest BCUT2D eigenvalue weighted by Gasteiger charge is 2.14. The van der Waals surface area contributed by atoms with Gasteiger partial charge in [-0.1, -0.05) is 33.7 Å². The van der Waals surface area contributed by atoms with Crippen molar-refractivity contribution >= 4 is 27.5 Å². The van der Waals surface area contributed by atoms with E-state index in [-0.39, 0.29) is 12.5 Å². The van der Waals surface area contributed by atoms with Crippen molar-refractivity contribution in [1.82, 2.24) is 15.1 Å². The molecule has 1 aromatic carbocycles. The number of aliphatic hydroxyl groups excluding tert-OH is 1. The quantitative estimate of drug-likeness (QED) is 0.509. The molecule has 134 valence electrons. The van der Waals surface area contributed by atoms with Crippen LogP contribution in [0.2, 0.25) is 0 Å². The van der Waals surface area contributed by atoms with Gasteiger partial charge in [-0.05, 0) is 24.7 Å². The molecule has 1 aromatic rings. The number of nitrogens with zero attached hydrogens (tertiary/aromatic N) is 2. The second-order valence-corrected chi connectivity index (χ2v) is 8.60. The molecule has 24 heavy (non-hydrogen) atoms. The minimum absolute atomic E-state index is 0.0195. The summed E-state index contributed by atoms with van der Waals surface area (Å²) in [5, 5.41) is 11.6. The van der Waals surface area contributed by atoms with E-state index in [2.05, 4.69) is 34.3 Å². The molecule has 5 nitrogen and oxygen atoms in total. The number of carbonyl (C=O) groups is 1. The van der Waals surface area contributed by atoms with Gasteiger partial charge in [-0.15, -0.1) is 0 Å². The van der Waals surface area contributed by atoms with Crippen molar-refractivity contribution < 1.29 is 9.90 Å². The third-order valence-corrected chi connectivity index (χ3v) is 6.33. The Morgan fingerprint density at radius 1 is 1.12 bits per heavy atom. The molecular weight excluding hydrogens is 342 g/mol. The van der Waals surface area contributed by atoms with Crippen LogP contribution in [0.15, 0.2) is 24.3 Å². The Bertz CT molecular complexity index is 491. The summed E-state index contributed by atoms with van der Waals surface area (Å²) >= 11 is 0. The zero-order valence-corrected chi connectivity index (χ0v) is 15.9. The van der Waals surface area contributed by atoms with E-state index < -0.39 is 0 Å². The van der Waals surface area contributed by atoms with Crippen LogP contribution in [0.4, 0.5) is 0 Å². The van der Waals surface area contributed by atoms with E-state index in [9.17, 15) is 4.79 Å². The third kappa shape index (κ3) is 7.03. The van der Waals surface area contributed by atoms with Crippen LogP contribution < -0.4 is 5.32 Å². The van der Waals surface area contributed by atoms with E-state index >= 15 is 0 Å². The number of nitrogens with one attached hydrogen (secondary N) is 1. The van der Waals surface area contributed by atoms with Crippen molar-refractivity contribution in [2.24, 2.45) is 0 Å². The number of carbonyl (C=O) groups excluding carboxylic acids is 1. The molecule has 1 amide bonds.